The highest BCUT2D eigenvalue weighted by atomic mass is 16.6. The van der Waals surface area contributed by atoms with E-state index in [1.54, 1.807) is 4.90 Å². The van der Waals surface area contributed by atoms with Crippen molar-refractivity contribution in [3.8, 4) is 0 Å². The number of carbonyl (C=O) groups excluding carboxylic acids is 3. The molecule has 0 bridgehead atoms. The topological polar surface area (TPSA) is 85.4 Å². The molecule has 1 N–H and O–H groups in total. The molecule has 32 heavy (non-hydrogen) atoms. The smallest absolute Gasteiger partial charge is 0.410 e. The Morgan fingerprint density at radius 1 is 0.844 bits per heavy atom. The fourth-order valence-corrected chi connectivity index (χ4v) is 4.58. The summed E-state index contributed by atoms with van der Waals surface area (Å²) in [5, 5.41) is 3.08. The minimum atomic E-state index is -0.466. The number of likely N-dealkylation sites (tertiary alicyclic amines) is 2. The predicted molar refractivity (Wildman–Crippen MR) is 122 cm³/mol. The summed E-state index contributed by atoms with van der Waals surface area (Å²) in [4.78, 5) is 45.1. The van der Waals surface area contributed by atoms with Crippen LogP contribution in [0.15, 0.2) is 0 Å². The van der Waals surface area contributed by atoms with E-state index in [9.17, 15) is 14.4 Å². The molecule has 9 heteroatoms. The lowest BCUT2D eigenvalue weighted by Crippen LogP contribution is -2.50. The van der Waals surface area contributed by atoms with E-state index >= 15 is 0 Å². The maximum atomic E-state index is 12.5. The minimum absolute atomic E-state index is 0.00926. The van der Waals surface area contributed by atoms with Crippen LogP contribution in [0.1, 0.15) is 52.9 Å². The molecule has 3 fully saturated rings. The Morgan fingerprint density at radius 3 is 2.03 bits per heavy atom. The lowest BCUT2D eigenvalue weighted by Gasteiger charge is -2.35. The van der Waals surface area contributed by atoms with Crippen molar-refractivity contribution in [1.29, 1.82) is 0 Å². The second-order valence-electron chi connectivity index (χ2n) is 10.2. The zero-order chi connectivity index (χ0) is 23.1. The number of piperazine rings is 1. The third-order valence-electron chi connectivity index (χ3n) is 6.49. The van der Waals surface area contributed by atoms with Crippen LogP contribution < -0.4 is 5.32 Å². The van der Waals surface area contributed by atoms with Gasteiger partial charge in [-0.2, -0.15) is 0 Å². The van der Waals surface area contributed by atoms with Gasteiger partial charge in [0.2, 0.25) is 5.91 Å². The van der Waals surface area contributed by atoms with Crippen LogP contribution in [-0.2, 0) is 9.53 Å². The van der Waals surface area contributed by atoms with E-state index in [0.29, 0.717) is 32.7 Å². The van der Waals surface area contributed by atoms with Gasteiger partial charge in [0.15, 0.2) is 0 Å². The molecule has 0 aromatic heterocycles. The maximum absolute atomic E-state index is 12.5. The molecule has 3 rings (SSSR count). The lowest BCUT2D eigenvalue weighted by molar-refractivity contribution is -0.126. The van der Waals surface area contributed by atoms with Crippen LogP contribution in [0.2, 0.25) is 0 Å². The molecule has 182 valence electrons. The number of nitrogens with one attached hydrogen (secondary N) is 1. The van der Waals surface area contributed by atoms with E-state index < -0.39 is 5.60 Å². The van der Waals surface area contributed by atoms with Crippen LogP contribution >= 0.6 is 0 Å². The summed E-state index contributed by atoms with van der Waals surface area (Å²) in [6.45, 7) is 13.3. The molecule has 3 saturated heterocycles. The number of amides is 4. The second kappa shape index (κ2) is 11.2. The second-order valence-corrected chi connectivity index (χ2v) is 10.2. The Labute approximate surface area is 192 Å². The summed E-state index contributed by atoms with van der Waals surface area (Å²) >= 11 is 0. The molecule has 3 heterocycles. The summed E-state index contributed by atoms with van der Waals surface area (Å²) < 4.78 is 5.44. The zero-order valence-corrected chi connectivity index (χ0v) is 20.1. The number of nitrogens with zero attached hydrogens (tertiary/aromatic N) is 4. The first-order valence-electron chi connectivity index (χ1n) is 12.2. The number of piperidine rings is 1. The molecule has 4 amide bonds. The van der Waals surface area contributed by atoms with Gasteiger partial charge in [0.05, 0.1) is 0 Å². The van der Waals surface area contributed by atoms with Gasteiger partial charge in [-0.1, -0.05) is 0 Å². The van der Waals surface area contributed by atoms with E-state index in [-0.39, 0.29) is 23.9 Å². The van der Waals surface area contributed by atoms with Crippen molar-refractivity contribution in [1.82, 2.24) is 24.9 Å². The van der Waals surface area contributed by atoms with E-state index in [1.807, 2.05) is 30.6 Å². The molecule has 3 aliphatic rings. The van der Waals surface area contributed by atoms with Crippen LogP contribution in [0.5, 0.6) is 0 Å². The van der Waals surface area contributed by atoms with Gasteiger partial charge in [0, 0.05) is 64.8 Å². The first-order chi connectivity index (χ1) is 15.2. The first-order valence-corrected chi connectivity index (χ1v) is 12.2. The van der Waals surface area contributed by atoms with Crippen molar-refractivity contribution < 1.29 is 19.1 Å². The summed E-state index contributed by atoms with van der Waals surface area (Å²) in [7, 11) is 0. The molecule has 0 radical (unpaired) electrons. The van der Waals surface area contributed by atoms with Gasteiger partial charge in [0.1, 0.15) is 5.60 Å². The highest BCUT2D eigenvalue weighted by Gasteiger charge is 2.30. The third kappa shape index (κ3) is 7.25. The molecule has 0 aliphatic carbocycles. The quantitative estimate of drug-likeness (QED) is 0.646. The highest BCUT2D eigenvalue weighted by molar-refractivity contribution is 5.79. The Hall–Kier alpha value is -2.03. The SMILES string of the molecule is CC(C)(C)OC(=O)N1CCN(CCCNC(=O)C2CCN(C(=O)N3CCCC3)CC2)CC1. The van der Waals surface area contributed by atoms with Gasteiger partial charge in [-0.3, -0.25) is 9.69 Å². The lowest BCUT2D eigenvalue weighted by atomic mass is 9.96. The normalized spacial score (nSPS) is 21.0. The van der Waals surface area contributed by atoms with Gasteiger partial charge in [-0.25, -0.2) is 9.59 Å². The average Bonchev–Trinajstić information content (AvgIpc) is 3.30. The Kier molecular flexibility index (Phi) is 8.62. The monoisotopic (exact) mass is 451 g/mol. The van der Waals surface area contributed by atoms with Crippen molar-refractivity contribution in [3.05, 3.63) is 0 Å². The standard InChI is InChI=1S/C23H41N5O4/c1-23(2,3)32-22(31)28-17-15-25(16-18-28)10-6-9-24-20(29)19-7-13-27(14-8-19)21(30)26-11-4-5-12-26/h19H,4-18H2,1-3H3,(H,24,29). The number of hydrogen-bond acceptors (Lipinski definition) is 5. The summed E-state index contributed by atoms with van der Waals surface area (Å²) in [5.74, 6) is 0.128. The number of ether oxygens (including phenoxy) is 1. The van der Waals surface area contributed by atoms with E-state index in [4.69, 9.17) is 4.74 Å². The summed E-state index contributed by atoms with van der Waals surface area (Å²) in [5.41, 5.74) is -0.466. The average molecular weight is 452 g/mol. The van der Waals surface area contributed by atoms with E-state index in [0.717, 1.165) is 64.8 Å². The number of carbonyl (C=O) groups is 3. The van der Waals surface area contributed by atoms with Gasteiger partial charge in [-0.15, -0.1) is 0 Å². The molecule has 9 nitrogen and oxygen atoms in total. The fraction of sp³-hybridized carbons (Fsp3) is 0.870. The first kappa shape index (κ1) is 24.6. The van der Waals surface area contributed by atoms with E-state index in [1.165, 1.54) is 0 Å². The summed E-state index contributed by atoms with van der Waals surface area (Å²) in [6, 6.07) is 0.146. The van der Waals surface area contributed by atoms with Crippen LogP contribution in [0.25, 0.3) is 0 Å². The van der Waals surface area contributed by atoms with Gasteiger partial charge < -0.3 is 24.8 Å². The number of urea groups is 1. The third-order valence-corrected chi connectivity index (χ3v) is 6.49. The number of hydrogen-bond donors (Lipinski definition) is 1. The maximum Gasteiger partial charge on any atom is 0.410 e. The van der Waals surface area contributed by atoms with Crippen LogP contribution in [0, 0.1) is 5.92 Å². The van der Waals surface area contributed by atoms with Crippen LogP contribution in [0.4, 0.5) is 9.59 Å². The molecule has 0 saturated carbocycles. The molecule has 0 aromatic rings. The molecule has 3 aliphatic heterocycles. The molecule has 0 atom stereocenters. The molecule has 0 spiro atoms. The fourth-order valence-electron chi connectivity index (χ4n) is 4.58. The molecule has 0 aromatic carbocycles. The van der Waals surface area contributed by atoms with Crippen LogP contribution in [0.3, 0.4) is 0 Å². The summed E-state index contributed by atoms with van der Waals surface area (Å²) in [6.07, 6.45) is 4.35. The Bertz CT molecular complexity index is 643. The van der Waals surface area contributed by atoms with Crippen molar-refractivity contribution in [2.45, 2.75) is 58.5 Å². The molecular weight excluding hydrogens is 410 g/mol. The van der Waals surface area contributed by atoms with Crippen molar-refractivity contribution in [2.75, 3.05) is 65.4 Å². The van der Waals surface area contributed by atoms with E-state index in [2.05, 4.69) is 10.2 Å². The molecule has 0 unspecified atom stereocenters. The van der Waals surface area contributed by atoms with Crippen molar-refractivity contribution in [2.24, 2.45) is 5.92 Å². The Morgan fingerprint density at radius 2 is 1.44 bits per heavy atom. The van der Waals surface area contributed by atoms with Gasteiger partial charge in [0.25, 0.3) is 0 Å². The van der Waals surface area contributed by atoms with Gasteiger partial charge in [-0.05, 0) is 59.4 Å². The predicted octanol–water partition coefficient (Wildman–Crippen LogP) is 1.97. The Balaban J connectivity index is 1.25. The van der Waals surface area contributed by atoms with Crippen molar-refractivity contribution >= 4 is 18.0 Å². The molecular formula is C23H41N5O4. The van der Waals surface area contributed by atoms with Gasteiger partial charge >= 0.3 is 12.1 Å². The minimum Gasteiger partial charge on any atom is -0.444 e. The number of rotatable bonds is 5. The van der Waals surface area contributed by atoms with Crippen molar-refractivity contribution in [3.63, 3.8) is 0 Å². The van der Waals surface area contributed by atoms with Crippen LogP contribution in [-0.4, -0.2) is 109 Å². The largest absolute Gasteiger partial charge is 0.444 e. The highest BCUT2D eigenvalue weighted by Crippen LogP contribution is 2.20. The zero-order valence-electron chi connectivity index (χ0n) is 20.1.